The van der Waals surface area contributed by atoms with E-state index in [-0.39, 0.29) is 22.9 Å². The van der Waals surface area contributed by atoms with Crippen LogP contribution in [0, 0.1) is 11.3 Å². The highest BCUT2D eigenvalue weighted by molar-refractivity contribution is 5.91. The van der Waals surface area contributed by atoms with Gasteiger partial charge in [-0.25, -0.2) is 0 Å². The third-order valence-corrected chi connectivity index (χ3v) is 3.05. The molecule has 0 aromatic carbocycles. The summed E-state index contributed by atoms with van der Waals surface area (Å²) in [6.45, 7) is 5.48. The molecule has 0 amide bonds. The Morgan fingerprint density at radius 2 is 2.23 bits per heavy atom. The number of hydrogen-bond acceptors (Lipinski definition) is 2. The second-order valence-corrected chi connectivity index (χ2v) is 4.60. The first-order chi connectivity index (χ1) is 5.96. The minimum atomic E-state index is -0.358. The monoisotopic (exact) mass is 182 g/mol. The summed E-state index contributed by atoms with van der Waals surface area (Å²) in [6, 6.07) is 0. The second-order valence-electron chi connectivity index (χ2n) is 4.60. The summed E-state index contributed by atoms with van der Waals surface area (Å²) in [6.07, 6.45) is 3.38. The first kappa shape index (κ1) is 10.4. The molecule has 1 aliphatic carbocycles. The quantitative estimate of drug-likeness (QED) is 0.657. The lowest BCUT2D eigenvalue weighted by Gasteiger charge is -2.34. The number of hydrogen-bond donors (Lipinski definition) is 0. The Morgan fingerprint density at radius 3 is 2.77 bits per heavy atom. The molecule has 2 nitrogen and oxygen atoms in total. The van der Waals surface area contributed by atoms with Gasteiger partial charge in [-0.1, -0.05) is 20.3 Å². The Bertz CT molecular complexity index is 232. The van der Waals surface area contributed by atoms with Crippen molar-refractivity contribution in [1.82, 2.24) is 0 Å². The van der Waals surface area contributed by atoms with Crippen LogP contribution >= 0.6 is 0 Å². The summed E-state index contributed by atoms with van der Waals surface area (Å²) in [5.41, 5.74) is -0.358. The van der Waals surface area contributed by atoms with Crippen LogP contribution < -0.4 is 0 Å². The van der Waals surface area contributed by atoms with Crippen molar-refractivity contribution in [2.24, 2.45) is 11.3 Å². The molecule has 1 rings (SSSR count). The van der Waals surface area contributed by atoms with Crippen LogP contribution in [0.25, 0.3) is 0 Å². The van der Waals surface area contributed by atoms with Crippen LogP contribution in [-0.2, 0) is 9.59 Å². The molecule has 0 aromatic heterocycles. The molecule has 0 N–H and O–H groups in total. The van der Waals surface area contributed by atoms with Crippen molar-refractivity contribution >= 4 is 11.6 Å². The Hall–Kier alpha value is -0.660. The minimum Gasteiger partial charge on any atom is -0.300 e. The maximum atomic E-state index is 11.8. The molecule has 0 bridgehead atoms. The van der Waals surface area contributed by atoms with Crippen molar-refractivity contribution < 1.29 is 9.59 Å². The van der Waals surface area contributed by atoms with Crippen LogP contribution in [0.5, 0.6) is 0 Å². The molecule has 1 fully saturated rings. The van der Waals surface area contributed by atoms with Gasteiger partial charge in [0, 0.05) is 17.8 Å². The molecule has 2 atom stereocenters. The van der Waals surface area contributed by atoms with E-state index in [9.17, 15) is 9.59 Å². The fourth-order valence-corrected chi connectivity index (χ4v) is 2.37. The minimum absolute atomic E-state index is 0.130. The van der Waals surface area contributed by atoms with Gasteiger partial charge in [0.2, 0.25) is 0 Å². The van der Waals surface area contributed by atoms with Crippen LogP contribution in [0.3, 0.4) is 0 Å². The molecule has 13 heavy (non-hydrogen) atoms. The van der Waals surface area contributed by atoms with Crippen molar-refractivity contribution in [3.63, 3.8) is 0 Å². The first-order valence-corrected chi connectivity index (χ1v) is 4.99. The molecule has 2 heteroatoms. The van der Waals surface area contributed by atoms with Gasteiger partial charge in [-0.2, -0.15) is 0 Å². The summed E-state index contributed by atoms with van der Waals surface area (Å²) in [4.78, 5) is 22.8. The number of carbonyl (C=O) groups excluding carboxylic acids is 2. The molecule has 0 radical (unpaired) electrons. The lowest BCUT2D eigenvalue weighted by molar-refractivity contribution is -0.138. The fourth-order valence-electron chi connectivity index (χ4n) is 2.37. The third kappa shape index (κ3) is 2.17. The molecule has 74 valence electrons. The lowest BCUT2D eigenvalue weighted by atomic mass is 9.68. The predicted molar refractivity (Wildman–Crippen MR) is 51.4 cm³/mol. The average Bonchev–Trinajstić information content (AvgIpc) is 1.99. The van der Waals surface area contributed by atoms with E-state index in [0.717, 1.165) is 19.3 Å². The first-order valence-electron chi connectivity index (χ1n) is 4.99. The van der Waals surface area contributed by atoms with E-state index in [0.29, 0.717) is 6.42 Å². The molecule has 1 saturated carbocycles. The van der Waals surface area contributed by atoms with Gasteiger partial charge in [0.05, 0.1) is 0 Å². The van der Waals surface area contributed by atoms with Gasteiger partial charge in [0.1, 0.15) is 11.6 Å². The summed E-state index contributed by atoms with van der Waals surface area (Å²) in [7, 11) is 0. The summed E-state index contributed by atoms with van der Waals surface area (Å²) >= 11 is 0. The van der Waals surface area contributed by atoms with E-state index in [1.807, 2.05) is 13.8 Å². The zero-order valence-electron chi connectivity index (χ0n) is 8.72. The van der Waals surface area contributed by atoms with Crippen molar-refractivity contribution in [3.05, 3.63) is 0 Å². The second kappa shape index (κ2) is 3.60. The van der Waals surface area contributed by atoms with Crippen molar-refractivity contribution in [1.29, 1.82) is 0 Å². The number of rotatable bonds is 2. The van der Waals surface area contributed by atoms with Crippen LogP contribution in [0.1, 0.15) is 46.5 Å². The number of Topliss-reactive ketones (excluding diaryl/α,β-unsaturated/α-hetero) is 2. The molecule has 1 aliphatic rings. The van der Waals surface area contributed by atoms with E-state index in [2.05, 4.69) is 0 Å². The van der Waals surface area contributed by atoms with Crippen molar-refractivity contribution in [2.75, 3.05) is 0 Å². The molecule has 0 aromatic rings. The molecular weight excluding hydrogens is 164 g/mol. The van der Waals surface area contributed by atoms with Crippen LogP contribution in [-0.4, -0.2) is 11.6 Å². The smallest absolute Gasteiger partial charge is 0.141 e. The van der Waals surface area contributed by atoms with Crippen LogP contribution in [0.2, 0.25) is 0 Å². The van der Waals surface area contributed by atoms with Crippen molar-refractivity contribution in [3.8, 4) is 0 Å². The Morgan fingerprint density at radius 1 is 1.62 bits per heavy atom. The maximum absolute atomic E-state index is 11.8. The van der Waals surface area contributed by atoms with Gasteiger partial charge in [-0.15, -0.1) is 0 Å². The topological polar surface area (TPSA) is 34.1 Å². The number of carbonyl (C=O) groups is 2. The zero-order chi connectivity index (χ0) is 10.1. The third-order valence-electron chi connectivity index (χ3n) is 3.05. The van der Waals surface area contributed by atoms with E-state index in [1.54, 1.807) is 6.92 Å². The summed E-state index contributed by atoms with van der Waals surface area (Å²) in [5.74, 6) is 0.567. The normalized spacial score (nSPS) is 34.7. The van der Waals surface area contributed by atoms with Crippen LogP contribution in [0.4, 0.5) is 0 Å². The average molecular weight is 182 g/mol. The van der Waals surface area contributed by atoms with Gasteiger partial charge in [-0.05, 0) is 19.8 Å². The largest absolute Gasteiger partial charge is 0.300 e. The highest BCUT2D eigenvalue weighted by atomic mass is 16.1. The molecule has 0 saturated heterocycles. The highest BCUT2D eigenvalue weighted by Crippen LogP contribution is 2.38. The lowest BCUT2D eigenvalue weighted by Crippen LogP contribution is -2.37. The maximum Gasteiger partial charge on any atom is 0.141 e. The van der Waals surface area contributed by atoms with Gasteiger partial charge >= 0.3 is 0 Å². The van der Waals surface area contributed by atoms with E-state index >= 15 is 0 Å². The van der Waals surface area contributed by atoms with E-state index in [1.165, 1.54) is 0 Å². The summed E-state index contributed by atoms with van der Waals surface area (Å²) < 4.78 is 0. The highest BCUT2D eigenvalue weighted by Gasteiger charge is 2.39. The van der Waals surface area contributed by atoms with Crippen LogP contribution in [0.15, 0.2) is 0 Å². The van der Waals surface area contributed by atoms with Gasteiger partial charge in [0.15, 0.2) is 0 Å². The summed E-state index contributed by atoms with van der Waals surface area (Å²) in [5, 5.41) is 0. The molecule has 0 spiro atoms. The van der Waals surface area contributed by atoms with E-state index in [4.69, 9.17) is 0 Å². The predicted octanol–water partition coefficient (Wildman–Crippen LogP) is 2.36. The van der Waals surface area contributed by atoms with Gasteiger partial charge < -0.3 is 0 Å². The van der Waals surface area contributed by atoms with E-state index < -0.39 is 0 Å². The standard InChI is InChI=1S/C11H18O2/c1-8-5-4-6-11(3,10(8)13)7-9(2)12/h8H,4-7H2,1-3H3/t8-,11-/m1/s1. The SMILES string of the molecule is CC(=O)C[C@@]1(C)CCC[C@@H](C)C1=O. The molecule has 0 unspecified atom stereocenters. The fraction of sp³-hybridized carbons (Fsp3) is 0.818. The Labute approximate surface area is 79.7 Å². The molecular formula is C11H18O2. The molecule has 0 heterocycles. The Kier molecular flexibility index (Phi) is 2.89. The van der Waals surface area contributed by atoms with Crippen molar-refractivity contribution in [2.45, 2.75) is 46.5 Å². The van der Waals surface area contributed by atoms with Gasteiger partial charge in [-0.3, -0.25) is 9.59 Å². The molecule has 0 aliphatic heterocycles. The van der Waals surface area contributed by atoms with Gasteiger partial charge in [0.25, 0.3) is 0 Å². The Balaban J connectivity index is 2.75. The zero-order valence-corrected chi connectivity index (χ0v) is 8.72. The number of ketones is 2.